The molecule has 1 atom stereocenters. The number of hydrogen-bond donors (Lipinski definition) is 1. The van der Waals surface area contributed by atoms with Crippen molar-refractivity contribution in [3.63, 3.8) is 0 Å². The van der Waals surface area contributed by atoms with Crippen LogP contribution in [0.25, 0.3) is 0 Å². The van der Waals surface area contributed by atoms with Gasteiger partial charge in [0, 0.05) is 32.1 Å². The average molecular weight is 374 g/mol. The van der Waals surface area contributed by atoms with E-state index in [1.54, 1.807) is 0 Å². The molecule has 1 N–H and O–H groups in total. The van der Waals surface area contributed by atoms with Crippen LogP contribution in [0.15, 0.2) is 54.6 Å². The van der Waals surface area contributed by atoms with E-state index >= 15 is 0 Å². The van der Waals surface area contributed by atoms with E-state index < -0.39 is 0 Å². The molecule has 5 nitrogen and oxygen atoms in total. The Morgan fingerprint density at radius 1 is 1.07 bits per heavy atom. The molecule has 0 radical (unpaired) electrons. The minimum atomic E-state index is -0.143. The number of carbonyl (C=O) groups is 1. The van der Waals surface area contributed by atoms with Gasteiger partial charge in [-0.25, -0.2) is 0 Å². The molecule has 1 unspecified atom stereocenters. The topological polar surface area (TPSA) is 71.2 Å². The van der Waals surface area contributed by atoms with E-state index in [9.17, 15) is 10.1 Å². The fraction of sp³-hybridized carbons (Fsp3) is 0.348. The lowest BCUT2D eigenvalue weighted by Crippen LogP contribution is -2.50. The van der Waals surface area contributed by atoms with Gasteiger partial charge in [-0.15, -0.1) is 0 Å². The van der Waals surface area contributed by atoms with Crippen LogP contribution in [-0.4, -0.2) is 43.2 Å². The largest absolute Gasteiger partial charge is 0.367 e. The van der Waals surface area contributed by atoms with Crippen molar-refractivity contribution in [1.82, 2.24) is 4.90 Å². The second kappa shape index (κ2) is 9.70. The SMILES string of the molecule is N#Cc1ccccc1N1CCN(C(=O)C(CC=N)CCc2ccccc2)CC1. The van der Waals surface area contributed by atoms with E-state index in [0.29, 0.717) is 25.1 Å². The van der Waals surface area contributed by atoms with Crippen molar-refractivity contribution < 1.29 is 4.79 Å². The van der Waals surface area contributed by atoms with Crippen LogP contribution in [0.1, 0.15) is 24.0 Å². The Kier molecular flexibility index (Phi) is 6.80. The summed E-state index contributed by atoms with van der Waals surface area (Å²) in [6.07, 6.45) is 3.45. The number of rotatable bonds is 7. The van der Waals surface area contributed by atoms with Gasteiger partial charge in [-0.3, -0.25) is 4.79 Å². The van der Waals surface area contributed by atoms with Crippen LogP contribution in [0.2, 0.25) is 0 Å². The Labute approximate surface area is 166 Å². The summed E-state index contributed by atoms with van der Waals surface area (Å²) in [4.78, 5) is 17.1. The van der Waals surface area contributed by atoms with E-state index in [0.717, 1.165) is 31.6 Å². The Bertz CT molecular complexity index is 835. The Morgan fingerprint density at radius 3 is 2.43 bits per heavy atom. The first kappa shape index (κ1) is 19.6. The number of para-hydroxylation sites is 1. The molecule has 1 fully saturated rings. The number of amides is 1. The molecule has 144 valence electrons. The van der Waals surface area contributed by atoms with Crippen molar-refractivity contribution in [3.05, 3.63) is 65.7 Å². The second-order valence-corrected chi connectivity index (χ2v) is 7.10. The van der Waals surface area contributed by atoms with E-state index in [2.05, 4.69) is 23.1 Å². The third kappa shape index (κ3) is 4.77. The Morgan fingerprint density at radius 2 is 1.75 bits per heavy atom. The number of hydrogen-bond acceptors (Lipinski definition) is 4. The highest BCUT2D eigenvalue weighted by Crippen LogP contribution is 2.22. The molecule has 3 rings (SSSR count). The summed E-state index contributed by atoms with van der Waals surface area (Å²) in [7, 11) is 0. The van der Waals surface area contributed by atoms with Crippen molar-refractivity contribution in [3.8, 4) is 6.07 Å². The van der Waals surface area contributed by atoms with Gasteiger partial charge < -0.3 is 15.2 Å². The third-order valence-corrected chi connectivity index (χ3v) is 5.33. The van der Waals surface area contributed by atoms with Gasteiger partial charge in [0.25, 0.3) is 0 Å². The lowest BCUT2D eigenvalue weighted by atomic mass is 9.95. The zero-order chi connectivity index (χ0) is 19.8. The molecule has 1 heterocycles. The monoisotopic (exact) mass is 374 g/mol. The van der Waals surface area contributed by atoms with Gasteiger partial charge in [0.1, 0.15) is 6.07 Å². The van der Waals surface area contributed by atoms with Crippen LogP contribution in [-0.2, 0) is 11.2 Å². The number of nitriles is 1. The number of nitrogens with zero attached hydrogens (tertiary/aromatic N) is 3. The number of piperazine rings is 1. The van der Waals surface area contributed by atoms with Gasteiger partial charge in [-0.2, -0.15) is 5.26 Å². The van der Waals surface area contributed by atoms with Crippen LogP contribution in [0, 0.1) is 22.7 Å². The van der Waals surface area contributed by atoms with Crippen molar-refractivity contribution in [1.29, 1.82) is 10.7 Å². The Balaban J connectivity index is 1.59. The van der Waals surface area contributed by atoms with Gasteiger partial charge in [-0.05, 0) is 43.2 Å². The maximum Gasteiger partial charge on any atom is 0.226 e. The molecule has 0 saturated carbocycles. The molecule has 1 amide bonds. The van der Waals surface area contributed by atoms with Gasteiger partial charge in [0.15, 0.2) is 0 Å². The fourth-order valence-corrected chi connectivity index (χ4v) is 3.74. The normalized spacial score (nSPS) is 15.0. The summed E-state index contributed by atoms with van der Waals surface area (Å²) in [5.74, 6) is 0.00306. The summed E-state index contributed by atoms with van der Waals surface area (Å²) in [5.41, 5.74) is 2.84. The summed E-state index contributed by atoms with van der Waals surface area (Å²) in [5, 5.41) is 16.8. The van der Waals surface area contributed by atoms with Gasteiger partial charge in [-0.1, -0.05) is 42.5 Å². The molecule has 2 aromatic carbocycles. The van der Waals surface area contributed by atoms with Gasteiger partial charge >= 0.3 is 0 Å². The number of carbonyl (C=O) groups excluding carboxylic acids is 1. The van der Waals surface area contributed by atoms with E-state index in [1.165, 1.54) is 11.8 Å². The summed E-state index contributed by atoms with van der Waals surface area (Å²) in [6.45, 7) is 2.75. The number of benzene rings is 2. The Hall–Kier alpha value is -3.13. The molecule has 0 bridgehead atoms. The first-order valence-electron chi connectivity index (χ1n) is 9.78. The highest BCUT2D eigenvalue weighted by atomic mass is 16.2. The van der Waals surface area contributed by atoms with E-state index in [-0.39, 0.29) is 11.8 Å². The standard InChI is InChI=1S/C23H26N4O/c24-13-12-20(11-10-19-6-2-1-3-7-19)23(28)27-16-14-26(15-17-27)22-9-5-4-8-21(22)18-25/h1-9,13,20,24H,10-12,14-17H2. The lowest BCUT2D eigenvalue weighted by Gasteiger charge is -2.37. The molecule has 2 aromatic rings. The zero-order valence-corrected chi connectivity index (χ0v) is 16.1. The van der Waals surface area contributed by atoms with Crippen LogP contribution in [0.4, 0.5) is 5.69 Å². The minimum Gasteiger partial charge on any atom is -0.367 e. The van der Waals surface area contributed by atoms with E-state index in [4.69, 9.17) is 5.41 Å². The maximum atomic E-state index is 13.0. The lowest BCUT2D eigenvalue weighted by molar-refractivity contribution is -0.135. The first-order chi connectivity index (χ1) is 13.7. The molecule has 0 aromatic heterocycles. The quantitative estimate of drug-likeness (QED) is 0.754. The molecule has 28 heavy (non-hydrogen) atoms. The number of nitrogens with one attached hydrogen (secondary N) is 1. The zero-order valence-electron chi connectivity index (χ0n) is 16.1. The molecule has 1 aliphatic rings. The van der Waals surface area contributed by atoms with Crippen molar-refractivity contribution in [2.75, 3.05) is 31.1 Å². The first-order valence-corrected chi connectivity index (χ1v) is 9.78. The highest BCUT2D eigenvalue weighted by molar-refractivity contribution is 5.81. The molecule has 1 saturated heterocycles. The predicted octanol–water partition coefficient (Wildman–Crippen LogP) is 3.50. The summed E-state index contributed by atoms with van der Waals surface area (Å²) >= 11 is 0. The molecular formula is C23H26N4O. The predicted molar refractivity (Wildman–Crippen MR) is 112 cm³/mol. The third-order valence-electron chi connectivity index (χ3n) is 5.33. The van der Waals surface area contributed by atoms with Crippen LogP contribution >= 0.6 is 0 Å². The highest BCUT2D eigenvalue weighted by Gasteiger charge is 2.27. The van der Waals surface area contributed by atoms with Crippen molar-refractivity contribution in [2.24, 2.45) is 5.92 Å². The second-order valence-electron chi connectivity index (χ2n) is 7.10. The van der Waals surface area contributed by atoms with Crippen LogP contribution < -0.4 is 4.90 Å². The number of anilines is 1. The van der Waals surface area contributed by atoms with Crippen molar-refractivity contribution in [2.45, 2.75) is 19.3 Å². The van der Waals surface area contributed by atoms with Gasteiger partial charge in [0.05, 0.1) is 11.3 Å². The van der Waals surface area contributed by atoms with Gasteiger partial charge in [0.2, 0.25) is 5.91 Å². The number of aryl methyl sites for hydroxylation is 1. The molecule has 5 heteroatoms. The maximum absolute atomic E-state index is 13.0. The van der Waals surface area contributed by atoms with Crippen molar-refractivity contribution >= 4 is 17.8 Å². The fourth-order valence-electron chi connectivity index (χ4n) is 3.74. The summed E-state index contributed by atoms with van der Waals surface area (Å²) in [6, 6.07) is 20.0. The molecule has 1 aliphatic heterocycles. The van der Waals surface area contributed by atoms with E-state index in [1.807, 2.05) is 47.4 Å². The summed E-state index contributed by atoms with van der Waals surface area (Å²) < 4.78 is 0. The van der Waals surface area contributed by atoms with Crippen LogP contribution in [0.3, 0.4) is 0 Å². The molecule has 0 spiro atoms. The van der Waals surface area contributed by atoms with Crippen LogP contribution in [0.5, 0.6) is 0 Å². The molecule has 0 aliphatic carbocycles. The average Bonchev–Trinajstić information content (AvgIpc) is 2.77. The molecular weight excluding hydrogens is 348 g/mol. The minimum absolute atomic E-state index is 0.143. The smallest absolute Gasteiger partial charge is 0.226 e.